The molecule has 3 aromatic carbocycles. The lowest BCUT2D eigenvalue weighted by Gasteiger charge is -2.19. The van der Waals surface area contributed by atoms with Crippen LogP contribution in [-0.4, -0.2) is 48.5 Å². The molecule has 0 radical (unpaired) electrons. The van der Waals surface area contributed by atoms with E-state index in [0.717, 1.165) is 5.69 Å². The summed E-state index contributed by atoms with van der Waals surface area (Å²) in [5, 5.41) is 4.71. The number of carbonyl (C=O) groups excluding carboxylic acids is 1. The van der Waals surface area contributed by atoms with Crippen molar-refractivity contribution in [2.24, 2.45) is 0 Å². The van der Waals surface area contributed by atoms with Crippen molar-refractivity contribution in [3.8, 4) is 34.2 Å². The Balaban J connectivity index is 1.70. The zero-order valence-electron chi connectivity index (χ0n) is 20.0. The van der Waals surface area contributed by atoms with Gasteiger partial charge >= 0.3 is 6.61 Å². The lowest BCUT2D eigenvalue weighted by molar-refractivity contribution is -0.0512. The van der Waals surface area contributed by atoms with Crippen molar-refractivity contribution in [1.82, 2.24) is 14.7 Å². The Morgan fingerprint density at radius 3 is 2.33 bits per heavy atom. The smallest absolute Gasteiger partial charge is 0.387 e. The number of alkyl halides is 2. The number of amides is 1. The van der Waals surface area contributed by atoms with Gasteiger partial charge in [-0.05, 0) is 42.0 Å². The highest BCUT2D eigenvalue weighted by atomic mass is 19.3. The quantitative estimate of drug-likeness (QED) is 0.311. The fraction of sp³-hybridized carbons (Fsp3) is 0.185. The number of aromatic nitrogens is 2. The summed E-state index contributed by atoms with van der Waals surface area (Å²) in [5.41, 5.74) is 2.88. The van der Waals surface area contributed by atoms with Crippen molar-refractivity contribution in [3.05, 3.63) is 90.1 Å². The monoisotopic (exact) mass is 493 g/mol. The Bertz CT molecular complexity index is 1340. The van der Waals surface area contributed by atoms with Crippen molar-refractivity contribution < 1.29 is 27.8 Å². The lowest BCUT2D eigenvalue weighted by atomic mass is 10.1. The number of rotatable bonds is 9. The van der Waals surface area contributed by atoms with Crippen LogP contribution in [-0.2, 0) is 6.54 Å². The molecule has 4 rings (SSSR count). The average molecular weight is 494 g/mol. The Morgan fingerprint density at radius 2 is 1.64 bits per heavy atom. The number of para-hydroxylation sites is 2. The van der Waals surface area contributed by atoms with Gasteiger partial charge in [-0.25, -0.2) is 4.68 Å². The van der Waals surface area contributed by atoms with Gasteiger partial charge in [0.25, 0.3) is 5.91 Å². The van der Waals surface area contributed by atoms with Crippen molar-refractivity contribution in [3.63, 3.8) is 0 Å². The van der Waals surface area contributed by atoms with E-state index in [-0.39, 0.29) is 24.0 Å². The summed E-state index contributed by atoms with van der Waals surface area (Å²) in [6.45, 7) is -2.86. The van der Waals surface area contributed by atoms with Crippen LogP contribution >= 0.6 is 0 Å². The van der Waals surface area contributed by atoms with E-state index in [1.807, 2.05) is 48.5 Å². The standard InChI is InChI=1S/C27H25F2N3O4/c1-31(16-18-13-14-23(35-3)24(15-18)36-27(28)29)26(33)21-17-32(19-9-5-4-6-10-19)30-25(21)20-11-7-8-12-22(20)34-2/h4-15,17,27H,16H2,1-3H3. The Kier molecular flexibility index (Phi) is 7.48. The van der Waals surface area contributed by atoms with Gasteiger partial charge in [-0.2, -0.15) is 13.9 Å². The van der Waals surface area contributed by atoms with Gasteiger partial charge in [-0.15, -0.1) is 0 Å². The minimum Gasteiger partial charge on any atom is -0.496 e. The zero-order chi connectivity index (χ0) is 25.7. The van der Waals surface area contributed by atoms with Crippen LogP contribution in [0, 0.1) is 0 Å². The summed E-state index contributed by atoms with van der Waals surface area (Å²) in [4.78, 5) is 15.1. The van der Waals surface area contributed by atoms with Gasteiger partial charge in [0.2, 0.25) is 0 Å². The first-order valence-corrected chi connectivity index (χ1v) is 11.1. The third-order valence-electron chi connectivity index (χ3n) is 5.54. The maximum Gasteiger partial charge on any atom is 0.387 e. The number of benzene rings is 3. The van der Waals surface area contributed by atoms with Crippen LogP contribution in [0.4, 0.5) is 8.78 Å². The number of ether oxygens (including phenoxy) is 3. The van der Waals surface area contributed by atoms with Crippen molar-refractivity contribution in [2.45, 2.75) is 13.2 Å². The van der Waals surface area contributed by atoms with Gasteiger partial charge in [-0.3, -0.25) is 4.79 Å². The first-order chi connectivity index (χ1) is 17.4. The molecular weight excluding hydrogens is 468 g/mol. The molecule has 186 valence electrons. The highest BCUT2D eigenvalue weighted by Crippen LogP contribution is 2.33. The highest BCUT2D eigenvalue weighted by molar-refractivity contribution is 6.00. The molecule has 0 fully saturated rings. The maximum absolute atomic E-state index is 13.6. The van der Waals surface area contributed by atoms with Gasteiger partial charge in [0.05, 0.1) is 25.5 Å². The van der Waals surface area contributed by atoms with Gasteiger partial charge in [0.15, 0.2) is 11.5 Å². The number of hydrogen-bond acceptors (Lipinski definition) is 5. The Hall–Kier alpha value is -4.40. The zero-order valence-corrected chi connectivity index (χ0v) is 20.0. The lowest BCUT2D eigenvalue weighted by Crippen LogP contribution is -2.26. The molecule has 0 bridgehead atoms. The molecule has 0 unspecified atom stereocenters. The predicted octanol–water partition coefficient (Wildman–Crippen LogP) is 5.43. The van der Waals surface area contributed by atoms with Crippen LogP contribution in [0.25, 0.3) is 16.9 Å². The summed E-state index contributed by atoms with van der Waals surface area (Å²) in [6, 6.07) is 21.4. The van der Waals surface area contributed by atoms with Crippen molar-refractivity contribution in [1.29, 1.82) is 0 Å². The highest BCUT2D eigenvalue weighted by Gasteiger charge is 2.24. The molecule has 9 heteroatoms. The molecule has 1 amide bonds. The molecule has 0 saturated carbocycles. The molecule has 0 atom stereocenters. The number of methoxy groups -OCH3 is 2. The second-order valence-electron chi connectivity index (χ2n) is 7.90. The van der Waals surface area contributed by atoms with Crippen LogP contribution in [0.1, 0.15) is 15.9 Å². The van der Waals surface area contributed by atoms with E-state index in [2.05, 4.69) is 4.74 Å². The van der Waals surface area contributed by atoms with Crippen molar-refractivity contribution in [2.75, 3.05) is 21.3 Å². The number of carbonyl (C=O) groups is 1. The second-order valence-corrected chi connectivity index (χ2v) is 7.90. The topological polar surface area (TPSA) is 65.8 Å². The molecule has 7 nitrogen and oxygen atoms in total. The van der Waals surface area contributed by atoms with Crippen LogP contribution in [0.5, 0.6) is 17.2 Å². The second kappa shape index (κ2) is 10.9. The molecule has 0 aliphatic heterocycles. The van der Waals surface area contributed by atoms with Gasteiger partial charge in [-0.1, -0.05) is 36.4 Å². The summed E-state index contributed by atoms with van der Waals surface area (Å²) in [6.07, 6.45) is 1.68. The number of nitrogens with zero attached hydrogens (tertiary/aromatic N) is 3. The summed E-state index contributed by atoms with van der Waals surface area (Å²) < 4.78 is 42.5. The molecular formula is C27H25F2N3O4. The first kappa shape index (κ1) is 24.7. The van der Waals surface area contributed by atoms with E-state index in [9.17, 15) is 13.6 Å². The molecule has 4 aromatic rings. The molecule has 0 saturated heterocycles. The molecule has 0 spiro atoms. The minimum atomic E-state index is -3.00. The first-order valence-electron chi connectivity index (χ1n) is 11.1. The summed E-state index contributed by atoms with van der Waals surface area (Å²) in [7, 11) is 4.56. The van der Waals surface area contributed by atoms with Crippen LogP contribution in [0.2, 0.25) is 0 Å². The number of halogens is 2. The molecule has 0 aliphatic carbocycles. The van der Waals surface area contributed by atoms with Crippen LogP contribution in [0.15, 0.2) is 79.0 Å². The van der Waals surface area contributed by atoms with Crippen molar-refractivity contribution >= 4 is 5.91 Å². The Labute approximate surface area is 207 Å². The Morgan fingerprint density at radius 1 is 0.944 bits per heavy atom. The predicted molar refractivity (Wildman–Crippen MR) is 131 cm³/mol. The molecule has 0 aliphatic rings. The SMILES string of the molecule is COc1ccc(CN(C)C(=O)c2cn(-c3ccccc3)nc2-c2ccccc2OC)cc1OC(F)F. The number of hydrogen-bond donors (Lipinski definition) is 0. The molecule has 0 N–H and O–H groups in total. The molecule has 36 heavy (non-hydrogen) atoms. The third-order valence-corrected chi connectivity index (χ3v) is 5.54. The van der Waals surface area contributed by atoms with E-state index in [4.69, 9.17) is 14.6 Å². The molecule has 1 heterocycles. The maximum atomic E-state index is 13.6. The van der Waals surface area contributed by atoms with Gasteiger partial charge in [0.1, 0.15) is 11.4 Å². The minimum absolute atomic E-state index is 0.0996. The van der Waals surface area contributed by atoms with Gasteiger partial charge in [0, 0.05) is 25.4 Å². The van der Waals surface area contributed by atoms with E-state index in [0.29, 0.717) is 28.1 Å². The van der Waals surface area contributed by atoms with E-state index >= 15 is 0 Å². The van der Waals surface area contributed by atoms with Gasteiger partial charge < -0.3 is 19.1 Å². The third kappa shape index (κ3) is 5.30. The van der Waals surface area contributed by atoms with E-state index in [1.54, 1.807) is 37.2 Å². The summed E-state index contributed by atoms with van der Waals surface area (Å²) in [5.74, 6) is 0.356. The van der Waals surface area contributed by atoms with Crippen LogP contribution in [0.3, 0.4) is 0 Å². The molecule has 1 aromatic heterocycles. The average Bonchev–Trinajstić information content (AvgIpc) is 3.34. The fourth-order valence-corrected chi connectivity index (χ4v) is 3.84. The fourth-order valence-electron chi connectivity index (χ4n) is 3.84. The summed E-state index contributed by atoms with van der Waals surface area (Å²) >= 11 is 0. The largest absolute Gasteiger partial charge is 0.496 e. The normalized spacial score (nSPS) is 10.8. The van der Waals surface area contributed by atoms with E-state index in [1.165, 1.54) is 24.1 Å². The van der Waals surface area contributed by atoms with Crippen LogP contribution < -0.4 is 14.2 Å². The van der Waals surface area contributed by atoms with E-state index < -0.39 is 6.61 Å².